The first-order valence-electron chi connectivity index (χ1n) is 3.21. The first kappa shape index (κ1) is 8.61. The van der Waals surface area contributed by atoms with Crippen LogP contribution in [0.4, 0.5) is 0 Å². The molecule has 0 aromatic carbocycles. The van der Waals surface area contributed by atoms with E-state index in [2.05, 4.69) is 10.4 Å². The van der Waals surface area contributed by atoms with Crippen LogP contribution in [0, 0.1) is 0 Å². The summed E-state index contributed by atoms with van der Waals surface area (Å²) in [6, 6.07) is 0.00579. The maximum absolute atomic E-state index is 5.28. The second-order valence-electron chi connectivity index (χ2n) is 2.09. The molecule has 11 heavy (non-hydrogen) atoms. The van der Waals surface area contributed by atoms with Crippen molar-refractivity contribution in [2.75, 3.05) is 13.7 Å². The SMILES string of the molecule is COCC(NN)c1cscn1. The van der Waals surface area contributed by atoms with Crippen LogP contribution in [0.5, 0.6) is 0 Å². The van der Waals surface area contributed by atoms with Crippen LogP contribution in [0.2, 0.25) is 0 Å². The molecule has 0 aliphatic rings. The molecule has 4 nitrogen and oxygen atoms in total. The van der Waals surface area contributed by atoms with Crippen molar-refractivity contribution in [1.29, 1.82) is 0 Å². The van der Waals surface area contributed by atoms with E-state index in [1.54, 1.807) is 24.0 Å². The van der Waals surface area contributed by atoms with Gasteiger partial charge in [0.05, 0.1) is 23.9 Å². The molecule has 0 aliphatic carbocycles. The Hall–Kier alpha value is -0.490. The third kappa shape index (κ3) is 2.23. The Morgan fingerprint density at radius 1 is 1.91 bits per heavy atom. The van der Waals surface area contributed by atoms with Crippen LogP contribution in [0.15, 0.2) is 10.9 Å². The predicted octanol–water partition coefficient (Wildman–Crippen LogP) is 0.294. The predicted molar refractivity (Wildman–Crippen MR) is 44.1 cm³/mol. The van der Waals surface area contributed by atoms with Crippen LogP contribution in [-0.4, -0.2) is 18.7 Å². The number of ether oxygens (including phenoxy) is 1. The highest BCUT2D eigenvalue weighted by molar-refractivity contribution is 7.07. The van der Waals surface area contributed by atoms with E-state index in [1.165, 1.54) is 0 Å². The van der Waals surface area contributed by atoms with Crippen molar-refractivity contribution in [3.63, 3.8) is 0 Å². The van der Waals surface area contributed by atoms with Gasteiger partial charge in [0, 0.05) is 12.5 Å². The number of nitrogens with two attached hydrogens (primary N) is 1. The Balaban J connectivity index is 2.56. The molecule has 0 spiro atoms. The summed E-state index contributed by atoms with van der Waals surface area (Å²) in [5, 5.41) is 1.95. The first-order chi connectivity index (χ1) is 5.38. The second-order valence-corrected chi connectivity index (χ2v) is 2.81. The fourth-order valence-electron chi connectivity index (χ4n) is 0.780. The lowest BCUT2D eigenvalue weighted by molar-refractivity contribution is 0.166. The minimum atomic E-state index is 0.00579. The molecule has 1 aromatic rings. The van der Waals surface area contributed by atoms with Gasteiger partial charge in [0.1, 0.15) is 0 Å². The Morgan fingerprint density at radius 2 is 2.73 bits per heavy atom. The third-order valence-corrected chi connectivity index (χ3v) is 1.95. The van der Waals surface area contributed by atoms with Gasteiger partial charge < -0.3 is 4.74 Å². The van der Waals surface area contributed by atoms with Gasteiger partial charge >= 0.3 is 0 Å². The number of nitrogens with one attached hydrogen (secondary N) is 1. The molecule has 1 atom stereocenters. The van der Waals surface area contributed by atoms with Crippen LogP contribution < -0.4 is 11.3 Å². The summed E-state index contributed by atoms with van der Waals surface area (Å²) in [6.45, 7) is 0.542. The average molecular weight is 173 g/mol. The Morgan fingerprint density at radius 3 is 3.18 bits per heavy atom. The van der Waals surface area contributed by atoms with E-state index in [0.717, 1.165) is 5.69 Å². The molecule has 0 fully saturated rings. The summed E-state index contributed by atoms with van der Waals surface area (Å²) < 4.78 is 4.94. The number of aromatic nitrogens is 1. The van der Waals surface area contributed by atoms with Gasteiger partial charge in [-0.3, -0.25) is 5.84 Å². The molecule has 0 radical (unpaired) electrons. The normalized spacial score (nSPS) is 13.3. The van der Waals surface area contributed by atoms with E-state index in [-0.39, 0.29) is 6.04 Å². The van der Waals surface area contributed by atoms with Gasteiger partial charge in [-0.2, -0.15) is 0 Å². The maximum Gasteiger partial charge on any atom is 0.0873 e. The van der Waals surface area contributed by atoms with E-state index >= 15 is 0 Å². The largest absolute Gasteiger partial charge is 0.383 e. The zero-order valence-corrected chi connectivity index (χ0v) is 7.10. The topological polar surface area (TPSA) is 60.2 Å². The fraction of sp³-hybridized carbons (Fsp3) is 0.500. The van der Waals surface area contributed by atoms with Crippen molar-refractivity contribution >= 4 is 11.3 Å². The molecule has 1 heterocycles. The molecule has 1 unspecified atom stereocenters. The summed E-state index contributed by atoms with van der Waals surface area (Å²) in [5.41, 5.74) is 5.33. The number of nitrogens with zero attached hydrogens (tertiary/aromatic N) is 1. The lowest BCUT2D eigenvalue weighted by Crippen LogP contribution is -2.31. The van der Waals surface area contributed by atoms with Gasteiger partial charge in [0.15, 0.2) is 0 Å². The summed E-state index contributed by atoms with van der Waals surface area (Å²) in [6.07, 6.45) is 0. The smallest absolute Gasteiger partial charge is 0.0873 e. The number of rotatable bonds is 4. The van der Waals surface area contributed by atoms with Gasteiger partial charge in [-0.05, 0) is 0 Å². The number of hydrogen-bond donors (Lipinski definition) is 2. The molecule has 3 N–H and O–H groups in total. The van der Waals surface area contributed by atoms with Crippen molar-refractivity contribution in [3.05, 3.63) is 16.6 Å². The van der Waals surface area contributed by atoms with Crippen molar-refractivity contribution in [2.45, 2.75) is 6.04 Å². The molecule has 0 saturated carbocycles. The van der Waals surface area contributed by atoms with Crippen molar-refractivity contribution in [3.8, 4) is 0 Å². The molecule has 1 aromatic heterocycles. The third-order valence-electron chi connectivity index (χ3n) is 1.34. The summed E-state index contributed by atoms with van der Waals surface area (Å²) in [4.78, 5) is 4.10. The highest BCUT2D eigenvalue weighted by Crippen LogP contribution is 2.11. The number of hydrazine groups is 1. The zero-order valence-electron chi connectivity index (χ0n) is 6.28. The Kier molecular flexibility index (Phi) is 3.44. The summed E-state index contributed by atoms with van der Waals surface area (Å²) in [7, 11) is 1.64. The minimum absolute atomic E-state index is 0.00579. The van der Waals surface area contributed by atoms with E-state index in [0.29, 0.717) is 6.61 Å². The van der Waals surface area contributed by atoms with Crippen LogP contribution in [0.25, 0.3) is 0 Å². The van der Waals surface area contributed by atoms with Gasteiger partial charge in [-0.1, -0.05) is 0 Å². The first-order valence-corrected chi connectivity index (χ1v) is 4.16. The summed E-state index contributed by atoms with van der Waals surface area (Å²) in [5.74, 6) is 5.28. The van der Waals surface area contributed by atoms with Crippen LogP contribution >= 0.6 is 11.3 Å². The van der Waals surface area contributed by atoms with Crippen LogP contribution in [0.3, 0.4) is 0 Å². The minimum Gasteiger partial charge on any atom is -0.383 e. The van der Waals surface area contributed by atoms with Crippen molar-refractivity contribution in [1.82, 2.24) is 10.4 Å². The highest BCUT2D eigenvalue weighted by atomic mass is 32.1. The van der Waals surface area contributed by atoms with Crippen molar-refractivity contribution in [2.24, 2.45) is 5.84 Å². The van der Waals surface area contributed by atoms with Gasteiger partial charge in [0.25, 0.3) is 0 Å². The fourth-order valence-corrected chi connectivity index (χ4v) is 1.39. The molecule has 1 rings (SSSR count). The van der Waals surface area contributed by atoms with E-state index in [9.17, 15) is 0 Å². The van der Waals surface area contributed by atoms with Gasteiger partial charge in [0.2, 0.25) is 0 Å². The van der Waals surface area contributed by atoms with E-state index in [1.807, 2.05) is 5.38 Å². The van der Waals surface area contributed by atoms with Crippen LogP contribution in [0.1, 0.15) is 11.7 Å². The maximum atomic E-state index is 5.28. The van der Waals surface area contributed by atoms with E-state index in [4.69, 9.17) is 10.6 Å². The highest BCUT2D eigenvalue weighted by Gasteiger charge is 2.09. The van der Waals surface area contributed by atoms with Gasteiger partial charge in [-0.15, -0.1) is 11.3 Å². The molecule has 0 amide bonds. The number of thiazole rings is 1. The average Bonchev–Trinajstić information content (AvgIpc) is 2.52. The molecule has 0 saturated heterocycles. The standard InChI is InChI=1S/C6H11N3OS/c1-10-2-5(9-7)6-3-11-4-8-6/h3-5,9H,2,7H2,1H3. The summed E-state index contributed by atoms with van der Waals surface area (Å²) >= 11 is 1.55. The van der Waals surface area contributed by atoms with Crippen molar-refractivity contribution < 1.29 is 4.74 Å². The molecular formula is C6H11N3OS. The zero-order chi connectivity index (χ0) is 8.10. The van der Waals surface area contributed by atoms with Crippen LogP contribution in [-0.2, 0) is 4.74 Å². The monoisotopic (exact) mass is 173 g/mol. The Labute approximate surface area is 69.4 Å². The lowest BCUT2D eigenvalue weighted by Gasteiger charge is -2.10. The van der Waals surface area contributed by atoms with Gasteiger partial charge in [-0.25, -0.2) is 10.4 Å². The number of hydrogen-bond acceptors (Lipinski definition) is 5. The molecular weight excluding hydrogens is 162 g/mol. The number of methoxy groups -OCH3 is 1. The molecule has 5 heteroatoms. The molecule has 0 aliphatic heterocycles. The molecule has 0 bridgehead atoms. The molecule has 62 valence electrons. The van der Waals surface area contributed by atoms with E-state index < -0.39 is 0 Å². The quantitative estimate of drug-likeness (QED) is 0.507. The lowest BCUT2D eigenvalue weighted by atomic mass is 10.2. The Bertz CT molecular complexity index is 190. The second kappa shape index (κ2) is 4.40.